The van der Waals surface area contributed by atoms with E-state index in [0.717, 1.165) is 44.9 Å². The molecule has 0 aromatic carbocycles. The van der Waals surface area contributed by atoms with Gasteiger partial charge in [-0.25, -0.2) is 0 Å². The molecule has 0 rings (SSSR count). The van der Waals surface area contributed by atoms with Crippen LogP contribution >= 0.6 is 0 Å². The molecule has 0 radical (unpaired) electrons. The van der Waals surface area contributed by atoms with E-state index >= 15 is 0 Å². The predicted molar refractivity (Wildman–Crippen MR) is 99.5 cm³/mol. The fourth-order valence-corrected chi connectivity index (χ4v) is 2.88. The van der Waals surface area contributed by atoms with E-state index in [4.69, 9.17) is 9.84 Å². The largest absolute Gasteiger partial charge is 0.481 e. The number of rotatable bonds is 17. The maximum absolute atomic E-state index is 11.9. The minimum Gasteiger partial charge on any atom is -0.481 e. The van der Waals surface area contributed by atoms with Gasteiger partial charge >= 0.3 is 11.9 Å². The van der Waals surface area contributed by atoms with Crippen molar-refractivity contribution in [1.82, 2.24) is 0 Å². The van der Waals surface area contributed by atoms with E-state index in [0.29, 0.717) is 12.8 Å². The van der Waals surface area contributed by atoms with Crippen LogP contribution in [-0.4, -0.2) is 34.4 Å². The molecule has 0 bridgehead atoms. The summed E-state index contributed by atoms with van der Waals surface area (Å²) in [6.07, 6.45) is 10.6. The third kappa shape index (κ3) is 16.1. The first-order chi connectivity index (χ1) is 12.0. The van der Waals surface area contributed by atoms with E-state index in [1.165, 1.54) is 19.3 Å². The van der Waals surface area contributed by atoms with Crippen molar-refractivity contribution in [2.45, 2.75) is 116 Å². The maximum Gasteiger partial charge on any atom is 0.308 e. The van der Waals surface area contributed by atoms with Gasteiger partial charge in [0.2, 0.25) is 0 Å². The molecule has 25 heavy (non-hydrogen) atoms. The summed E-state index contributed by atoms with van der Waals surface area (Å²) in [5.74, 6) is -1.44. The first-order valence-electron chi connectivity index (χ1n) is 10.1. The highest BCUT2D eigenvalue weighted by Gasteiger charge is 2.20. The molecule has 5 nitrogen and oxygen atoms in total. The molecular weight excluding hydrogens is 320 g/mol. The van der Waals surface area contributed by atoms with Gasteiger partial charge < -0.3 is 14.9 Å². The van der Waals surface area contributed by atoms with Crippen LogP contribution < -0.4 is 0 Å². The van der Waals surface area contributed by atoms with Crippen molar-refractivity contribution >= 4 is 11.9 Å². The summed E-state index contributed by atoms with van der Waals surface area (Å²) < 4.78 is 5.31. The van der Waals surface area contributed by atoms with E-state index in [-0.39, 0.29) is 12.8 Å². The Morgan fingerprint density at radius 3 is 1.92 bits per heavy atom. The maximum atomic E-state index is 11.9. The predicted octanol–water partition coefficient (Wildman–Crippen LogP) is 4.84. The normalized spacial score (nSPS) is 13.4. The summed E-state index contributed by atoms with van der Waals surface area (Å²) in [6.45, 7) is 4.29. The van der Waals surface area contributed by atoms with Crippen LogP contribution in [0, 0.1) is 0 Å². The van der Waals surface area contributed by atoms with Crippen molar-refractivity contribution in [3.63, 3.8) is 0 Å². The molecule has 5 heteroatoms. The molecule has 0 amide bonds. The molecule has 0 saturated heterocycles. The molecular formula is C20H38O5. The zero-order valence-corrected chi connectivity index (χ0v) is 16.2. The molecule has 0 aromatic heterocycles. The molecule has 0 spiro atoms. The van der Waals surface area contributed by atoms with Gasteiger partial charge in [-0.15, -0.1) is 0 Å². The summed E-state index contributed by atoms with van der Waals surface area (Å²) in [5, 5.41) is 18.9. The summed E-state index contributed by atoms with van der Waals surface area (Å²) >= 11 is 0. The second-order valence-electron chi connectivity index (χ2n) is 6.97. The van der Waals surface area contributed by atoms with Crippen molar-refractivity contribution in [2.75, 3.05) is 0 Å². The number of carboxylic acid groups (broad SMARTS) is 1. The average Bonchev–Trinajstić information content (AvgIpc) is 2.54. The number of aliphatic carboxylic acids is 1. The van der Waals surface area contributed by atoms with Gasteiger partial charge in [-0.1, -0.05) is 71.6 Å². The number of aliphatic hydroxyl groups is 1. The smallest absolute Gasteiger partial charge is 0.308 e. The number of esters is 1. The zero-order chi connectivity index (χ0) is 18.9. The Kier molecular flexibility index (Phi) is 15.7. The van der Waals surface area contributed by atoms with Gasteiger partial charge in [0.1, 0.15) is 6.10 Å². The molecule has 2 atom stereocenters. The van der Waals surface area contributed by atoms with Gasteiger partial charge in [-0.3, -0.25) is 9.59 Å². The molecule has 2 unspecified atom stereocenters. The van der Waals surface area contributed by atoms with Gasteiger partial charge in [-0.05, 0) is 19.3 Å². The van der Waals surface area contributed by atoms with E-state index in [1.807, 2.05) is 0 Å². The lowest BCUT2D eigenvalue weighted by Crippen LogP contribution is -2.24. The van der Waals surface area contributed by atoms with Gasteiger partial charge in [0.05, 0.1) is 18.9 Å². The number of unbranched alkanes of at least 4 members (excludes halogenated alkanes) is 8. The Morgan fingerprint density at radius 1 is 0.800 bits per heavy atom. The lowest BCUT2D eigenvalue weighted by Gasteiger charge is -2.17. The quantitative estimate of drug-likeness (QED) is 0.287. The Hall–Kier alpha value is -1.10. The summed E-state index contributed by atoms with van der Waals surface area (Å²) in [4.78, 5) is 22.9. The van der Waals surface area contributed by atoms with Crippen LogP contribution in [0.1, 0.15) is 104 Å². The molecule has 0 aliphatic heterocycles. The van der Waals surface area contributed by atoms with Gasteiger partial charge in [0.15, 0.2) is 0 Å². The number of carboxylic acids is 1. The van der Waals surface area contributed by atoms with Gasteiger partial charge in [0, 0.05) is 0 Å². The van der Waals surface area contributed by atoms with Crippen LogP contribution in [0.4, 0.5) is 0 Å². The second-order valence-corrected chi connectivity index (χ2v) is 6.97. The summed E-state index contributed by atoms with van der Waals surface area (Å²) in [5.41, 5.74) is 0. The highest BCUT2D eigenvalue weighted by atomic mass is 16.5. The van der Waals surface area contributed by atoms with E-state index in [1.54, 1.807) is 0 Å². The van der Waals surface area contributed by atoms with Crippen molar-refractivity contribution in [3.05, 3.63) is 0 Å². The van der Waals surface area contributed by atoms with Crippen molar-refractivity contribution in [3.8, 4) is 0 Å². The number of hydrogen-bond acceptors (Lipinski definition) is 4. The van der Waals surface area contributed by atoms with Crippen molar-refractivity contribution in [2.24, 2.45) is 0 Å². The molecule has 0 aromatic rings. The minimum atomic E-state index is -0.955. The molecule has 0 aliphatic rings. The second kappa shape index (κ2) is 16.4. The number of ether oxygens (including phenoxy) is 1. The van der Waals surface area contributed by atoms with Gasteiger partial charge in [-0.2, -0.15) is 0 Å². The van der Waals surface area contributed by atoms with Crippen LogP contribution in [0.15, 0.2) is 0 Å². The molecule has 2 N–H and O–H groups in total. The Bertz CT molecular complexity index is 343. The fourth-order valence-electron chi connectivity index (χ4n) is 2.88. The van der Waals surface area contributed by atoms with Crippen LogP contribution in [-0.2, 0) is 14.3 Å². The highest BCUT2D eigenvalue weighted by molar-refractivity contribution is 5.71. The SMILES string of the molecule is CCCCCCCCC(CC(=O)O)OC(=O)CC(O)CCCCCC. The molecule has 0 heterocycles. The van der Waals surface area contributed by atoms with Crippen molar-refractivity contribution < 1.29 is 24.5 Å². The lowest BCUT2D eigenvalue weighted by molar-refractivity contribution is -0.155. The topological polar surface area (TPSA) is 83.8 Å². The lowest BCUT2D eigenvalue weighted by atomic mass is 10.0. The van der Waals surface area contributed by atoms with Crippen LogP contribution in [0.3, 0.4) is 0 Å². The molecule has 148 valence electrons. The summed E-state index contributed by atoms with van der Waals surface area (Å²) in [6, 6.07) is 0. The Labute approximate surface area is 153 Å². The Balaban J connectivity index is 4.05. The third-order valence-corrected chi connectivity index (χ3v) is 4.37. The van der Waals surface area contributed by atoms with Crippen molar-refractivity contribution in [1.29, 1.82) is 0 Å². The molecule has 0 fully saturated rings. The van der Waals surface area contributed by atoms with E-state index in [9.17, 15) is 14.7 Å². The van der Waals surface area contributed by atoms with Crippen LogP contribution in [0.2, 0.25) is 0 Å². The number of carbonyl (C=O) groups is 2. The number of aliphatic hydroxyl groups excluding tert-OH is 1. The third-order valence-electron chi connectivity index (χ3n) is 4.37. The minimum absolute atomic E-state index is 0.0429. The highest BCUT2D eigenvalue weighted by Crippen LogP contribution is 2.15. The molecule has 0 aliphatic carbocycles. The molecule has 0 saturated carbocycles. The van der Waals surface area contributed by atoms with E-state index < -0.39 is 24.1 Å². The zero-order valence-electron chi connectivity index (χ0n) is 16.2. The Morgan fingerprint density at radius 2 is 1.32 bits per heavy atom. The monoisotopic (exact) mass is 358 g/mol. The van der Waals surface area contributed by atoms with Gasteiger partial charge in [0.25, 0.3) is 0 Å². The first kappa shape index (κ1) is 23.9. The van der Waals surface area contributed by atoms with Crippen LogP contribution in [0.5, 0.6) is 0 Å². The number of carbonyl (C=O) groups excluding carboxylic acids is 1. The standard InChI is InChI=1S/C20H38O5/c1-3-5-7-9-10-12-14-18(16-19(22)23)25-20(24)15-17(21)13-11-8-6-4-2/h17-18,21H,3-16H2,1-2H3,(H,22,23). The van der Waals surface area contributed by atoms with E-state index in [2.05, 4.69) is 13.8 Å². The fraction of sp³-hybridized carbons (Fsp3) is 0.900. The number of hydrogen-bond donors (Lipinski definition) is 2. The summed E-state index contributed by atoms with van der Waals surface area (Å²) in [7, 11) is 0. The average molecular weight is 359 g/mol. The van der Waals surface area contributed by atoms with Crippen LogP contribution in [0.25, 0.3) is 0 Å². The first-order valence-corrected chi connectivity index (χ1v) is 10.1.